The number of hydrogen-bond donors (Lipinski definition) is 1. The highest BCUT2D eigenvalue weighted by Crippen LogP contribution is 2.49. The first-order valence-corrected chi connectivity index (χ1v) is 13.6. The van der Waals surface area contributed by atoms with Gasteiger partial charge in [0, 0.05) is 47.4 Å². The Labute approximate surface area is 237 Å². The second-order valence-electron chi connectivity index (χ2n) is 11.1. The van der Waals surface area contributed by atoms with Gasteiger partial charge in [-0.25, -0.2) is 0 Å². The molecule has 0 saturated carbocycles. The third-order valence-electron chi connectivity index (χ3n) is 7.53. The van der Waals surface area contributed by atoms with Crippen molar-refractivity contribution in [2.24, 2.45) is 5.41 Å². The zero-order valence-electron chi connectivity index (χ0n) is 22.6. The molecule has 0 bridgehead atoms. The molecule has 2 aromatic carbocycles. The van der Waals surface area contributed by atoms with Gasteiger partial charge in [-0.05, 0) is 47.1 Å². The number of nitrogens with zero attached hydrogens (tertiary/aromatic N) is 3. The normalized spacial score (nSPS) is 18.1. The lowest BCUT2D eigenvalue weighted by atomic mass is 9.73. The first-order valence-electron chi connectivity index (χ1n) is 13.2. The molecular weight excluding hydrogens is 524 g/mol. The second kappa shape index (κ2) is 10.1. The number of carbonyl (C=O) groups excluding carboxylic acids is 2. The summed E-state index contributed by atoms with van der Waals surface area (Å²) in [6.07, 6.45) is 6.13. The summed E-state index contributed by atoms with van der Waals surface area (Å²) < 4.78 is 6.11. The van der Waals surface area contributed by atoms with Crippen LogP contribution in [0.25, 0.3) is 10.8 Å². The lowest BCUT2D eigenvalue weighted by molar-refractivity contribution is -0.118. The van der Waals surface area contributed by atoms with Gasteiger partial charge in [0.2, 0.25) is 5.91 Å². The van der Waals surface area contributed by atoms with Crippen LogP contribution in [0.1, 0.15) is 50.9 Å². The number of fused-ring (bicyclic) bond motifs is 2. The van der Waals surface area contributed by atoms with Crippen molar-refractivity contribution in [1.82, 2.24) is 9.97 Å². The summed E-state index contributed by atoms with van der Waals surface area (Å²) in [7, 11) is 0. The molecule has 3 heterocycles. The molecule has 202 valence electrons. The number of ketones is 1. The number of amides is 1. The van der Waals surface area contributed by atoms with Gasteiger partial charge < -0.3 is 10.1 Å². The number of anilines is 2. The summed E-state index contributed by atoms with van der Waals surface area (Å²) >= 11 is 6.92. The fraction of sp³-hybridized carbons (Fsp3) is 0.250. The van der Waals surface area contributed by atoms with Crippen LogP contribution in [-0.2, 0) is 16.2 Å². The van der Waals surface area contributed by atoms with E-state index in [-0.39, 0.29) is 23.7 Å². The lowest BCUT2D eigenvalue weighted by Crippen LogP contribution is -2.38. The van der Waals surface area contributed by atoms with E-state index < -0.39 is 6.04 Å². The van der Waals surface area contributed by atoms with Crippen molar-refractivity contribution in [3.05, 3.63) is 101 Å². The Morgan fingerprint density at radius 3 is 2.75 bits per heavy atom. The van der Waals surface area contributed by atoms with Crippen LogP contribution in [0.4, 0.5) is 11.4 Å². The van der Waals surface area contributed by atoms with Crippen LogP contribution in [0.5, 0.6) is 5.75 Å². The van der Waals surface area contributed by atoms with E-state index >= 15 is 0 Å². The summed E-state index contributed by atoms with van der Waals surface area (Å²) in [6.45, 7) is 5.93. The summed E-state index contributed by atoms with van der Waals surface area (Å²) in [5.74, 6) is 0.359. The SMILES string of the molecule is CC(=O)N1c2ccncc2NC2=C(C(=O)CC(C)(C)C2)C1c1ccc(OCc2nccc3ccccc23)cc1Cl. The molecule has 6 rings (SSSR count). The highest BCUT2D eigenvalue weighted by Gasteiger charge is 2.43. The van der Waals surface area contributed by atoms with Gasteiger partial charge >= 0.3 is 0 Å². The van der Waals surface area contributed by atoms with Gasteiger partial charge in [-0.1, -0.05) is 55.8 Å². The Hall–Kier alpha value is -4.23. The number of benzene rings is 2. The van der Waals surface area contributed by atoms with Gasteiger partial charge in [0.25, 0.3) is 0 Å². The number of ether oxygens (including phenoxy) is 1. The predicted octanol–water partition coefficient (Wildman–Crippen LogP) is 7.03. The van der Waals surface area contributed by atoms with Crippen molar-refractivity contribution in [2.45, 2.75) is 46.3 Å². The molecule has 0 spiro atoms. The minimum absolute atomic E-state index is 0.00538. The molecule has 40 heavy (non-hydrogen) atoms. The van der Waals surface area contributed by atoms with E-state index in [1.54, 1.807) is 35.6 Å². The van der Waals surface area contributed by atoms with Crippen LogP contribution in [0, 0.1) is 5.41 Å². The van der Waals surface area contributed by atoms with Crippen molar-refractivity contribution in [3.8, 4) is 5.75 Å². The maximum Gasteiger partial charge on any atom is 0.224 e. The average molecular weight is 553 g/mol. The molecule has 1 N–H and O–H groups in total. The molecule has 0 saturated heterocycles. The lowest BCUT2D eigenvalue weighted by Gasteiger charge is -2.37. The minimum atomic E-state index is -0.700. The average Bonchev–Trinajstić information content (AvgIpc) is 3.05. The summed E-state index contributed by atoms with van der Waals surface area (Å²) in [4.78, 5) is 37.3. The van der Waals surface area contributed by atoms with E-state index in [1.165, 1.54) is 6.92 Å². The molecule has 2 aromatic heterocycles. The number of aromatic nitrogens is 2. The summed E-state index contributed by atoms with van der Waals surface area (Å²) in [5, 5.41) is 5.97. The standard InChI is InChI=1S/C32H29ClN4O3/c1-19(38)37-28-11-12-34-17-26(28)36-25-15-32(2,3)16-29(39)30(25)31(37)23-9-8-21(14-24(23)33)40-18-27-22-7-5-4-6-20(22)10-13-35-27/h4-14,17,31,36H,15-16,18H2,1-3H3. The summed E-state index contributed by atoms with van der Waals surface area (Å²) in [5.41, 5.74) is 3.93. The molecule has 1 unspecified atom stereocenters. The van der Waals surface area contributed by atoms with Gasteiger partial charge in [0.1, 0.15) is 12.4 Å². The predicted molar refractivity (Wildman–Crippen MR) is 156 cm³/mol. The Balaban J connectivity index is 1.41. The number of nitrogens with one attached hydrogen (secondary N) is 1. The van der Waals surface area contributed by atoms with Crippen LogP contribution in [0.15, 0.2) is 84.5 Å². The van der Waals surface area contributed by atoms with E-state index in [1.807, 2.05) is 42.5 Å². The Morgan fingerprint density at radius 1 is 1.12 bits per heavy atom. The number of pyridine rings is 2. The number of Topliss-reactive ketones (excluding diaryl/α,β-unsaturated/α-hetero) is 1. The zero-order valence-corrected chi connectivity index (χ0v) is 23.3. The smallest absolute Gasteiger partial charge is 0.224 e. The molecule has 1 amide bonds. The molecule has 1 atom stereocenters. The molecule has 7 nitrogen and oxygen atoms in total. The number of rotatable bonds is 4. The van der Waals surface area contributed by atoms with Crippen LogP contribution < -0.4 is 15.0 Å². The molecule has 8 heteroatoms. The van der Waals surface area contributed by atoms with E-state index in [2.05, 4.69) is 29.1 Å². The fourth-order valence-electron chi connectivity index (χ4n) is 5.80. The third-order valence-corrected chi connectivity index (χ3v) is 7.86. The second-order valence-corrected chi connectivity index (χ2v) is 11.5. The first-order chi connectivity index (χ1) is 19.2. The highest BCUT2D eigenvalue weighted by atomic mass is 35.5. The fourth-order valence-corrected chi connectivity index (χ4v) is 6.08. The Kier molecular flexibility index (Phi) is 6.55. The zero-order chi connectivity index (χ0) is 28.0. The highest BCUT2D eigenvalue weighted by molar-refractivity contribution is 6.31. The topological polar surface area (TPSA) is 84.4 Å². The van der Waals surface area contributed by atoms with E-state index in [4.69, 9.17) is 16.3 Å². The Bertz CT molecular complexity index is 1690. The molecule has 2 aliphatic rings. The van der Waals surface area contributed by atoms with Crippen molar-refractivity contribution in [2.75, 3.05) is 10.2 Å². The van der Waals surface area contributed by atoms with Gasteiger partial charge in [0.15, 0.2) is 5.78 Å². The molecule has 1 aliphatic carbocycles. The van der Waals surface area contributed by atoms with Crippen LogP contribution in [0.3, 0.4) is 0 Å². The minimum Gasteiger partial charge on any atom is -0.487 e. The molecule has 1 aliphatic heterocycles. The van der Waals surface area contributed by atoms with Crippen LogP contribution >= 0.6 is 11.6 Å². The summed E-state index contributed by atoms with van der Waals surface area (Å²) in [6, 6.07) is 16.5. The monoisotopic (exact) mass is 552 g/mol. The van der Waals surface area contributed by atoms with Crippen LogP contribution in [0.2, 0.25) is 5.02 Å². The largest absolute Gasteiger partial charge is 0.487 e. The van der Waals surface area contributed by atoms with Crippen molar-refractivity contribution >= 4 is 45.4 Å². The molecule has 0 radical (unpaired) electrons. The van der Waals surface area contributed by atoms with Crippen molar-refractivity contribution in [3.63, 3.8) is 0 Å². The van der Waals surface area contributed by atoms with E-state index in [0.717, 1.165) is 22.2 Å². The number of carbonyl (C=O) groups is 2. The van der Waals surface area contributed by atoms with Gasteiger partial charge in [-0.15, -0.1) is 0 Å². The third kappa shape index (κ3) is 4.71. The number of hydrogen-bond acceptors (Lipinski definition) is 6. The van der Waals surface area contributed by atoms with E-state index in [9.17, 15) is 9.59 Å². The number of halogens is 1. The van der Waals surface area contributed by atoms with Gasteiger partial charge in [-0.3, -0.25) is 24.5 Å². The maximum atomic E-state index is 13.7. The van der Waals surface area contributed by atoms with Crippen molar-refractivity contribution < 1.29 is 14.3 Å². The van der Waals surface area contributed by atoms with E-state index in [0.29, 0.717) is 46.1 Å². The van der Waals surface area contributed by atoms with Gasteiger partial charge in [-0.2, -0.15) is 0 Å². The Morgan fingerprint density at radius 2 is 1.95 bits per heavy atom. The van der Waals surface area contributed by atoms with Crippen molar-refractivity contribution in [1.29, 1.82) is 0 Å². The maximum absolute atomic E-state index is 13.7. The first kappa shape index (κ1) is 26.0. The van der Waals surface area contributed by atoms with Crippen LogP contribution in [-0.4, -0.2) is 21.7 Å². The molecule has 4 aromatic rings. The van der Waals surface area contributed by atoms with Gasteiger partial charge in [0.05, 0.1) is 29.3 Å². The number of allylic oxidation sites excluding steroid dienone is 1. The molecular formula is C32H29ClN4O3. The molecule has 0 fully saturated rings. The quantitative estimate of drug-likeness (QED) is 0.293.